The molecule has 170 valence electrons. The predicted molar refractivity (Wildman–Crippen MR) is 117 cm³/mol. The van der Waals surface area contributed by atoms with Gasteiger partial charge in [0.1, 0.15) is 18.1 Å². The Kier molecular flexibility index (Phi) is 11.2. The third-order valence-corrected chi connectivity index (χ3v) is 5.09. The maximum atomic E-state index is 13.0. The van der Waals surface area contributed by atoms with Crippen LogP contribution in [0.5, 0.6) is 0 Å². The van der Waals surface area contributed by atoms with Gasteiger partial charge in [0, 0.05) is 6.42 Å². The highest BCUT2D eigenvalue weighted by Gasteiger charge is 2.32. The molecular formula is C23H33N3O5. The molecular weight excluding hydrogens is 398 g/mol. The smallest absolute Gasteiger partial charge is 0.328 e. The van der Waals surface area contributed by atoms with Crippen LogP contribution in [0, 0.1) is 11.8 Å². The molecule has 0 radical (unpaired) electrons. The lowest BCUT2D eigenvalue weighted by Crippen LogP contribution is -2.56. The summed E-state index contributed by atoms with van der Waals surface area (Å²) in [5.74, 6) is -1.63. The Hall–Kier alpha value is -2.99. The van der Waals surface area contributed by atoms with E-state index in [1.807, 2.05) is 58.0 Å². The number of nitrogens with zero attached hydrogens (tertiary/aromatic N) is 1. The molecule has 0 aliphatic rings. The van der Waals surface area contributed by atoms with Crippen LogP contribution >= 0.6 is 0 Å². The highest BCUT2D eigenvalue weighted by molar-refractivity contribution is 5.92. The number of nitrogens with one attached hydrogen (secondary N) is 2. The van der Waals surface area contributed by atoms with Gasteiger partial charge < -0.3 is 15.4 Å². The topological polar surface area (TPSA) is 114 Å². The molecule has 2 amide bonds. The second-order valence-electron chi connectivity index (χ2n) is 8.01. The first-order valence-electron chi connectivity index (χ1n) is 10.5. The summed E-state index contributed by atoms with van der Waals surface area (Å²) < 4.78 is 4.80. The number of rotatable bonds is 12. The molecule has 0 aromatic heterocycles. The molecule has 0 unspecified atom stereocenters. The van der Waals surface area contributed by atoms with Crippen molar-refractivity contribution in [1.82, 2.24) is 10.6 Å². The number of ether oxygens (including phenoxy) is 1. The Morgan fingerprint density at radius 2 is 1.71 bits per heavy atom. The summed E-state index contributed by atoms with van der Waals surface area (Å²) in [4.78, 5) is 52.4. The van der Waals surface area contributed by atoms with Crippen molar-refractivity contribution in [2.24, 2.45) is 16.8 Å². The fourth-order valence-electron chi connectivity index (χ4n) is 3.14. The van der Waals surface area contributed by atoms with Gasteiger partial charge in [-0.15, -0.1) is 0 Å². The molecule has 0 heterocycles. The highest BCUT2D eigenvalue weighted by atomic mass is 16.5. The largest absolute Gasteiger partial charge is 0.467 e. The van der Waals surface area contributed by atoms with Gasteiger partial charge in [0.05, 0.1) is 7.11 Å². The van der Waals surface area contributed by atoms with Crippen molar-refractivity contribution in [3.8, 4) is 0 Å². The predicted octanol–water partition coefficient (Wildman–Crippen LogP) is 2.17. The highest BCUT2D eigenvalue weighted by Crippen LogP contribution is 2.13. The van der Waals surface area contributed by atoms with Gasteiger partial charge in [-0.1, -0.05) is 64.4 Å². The van der Waals surface area contributed by atoms with E-state index in [4.69, 9.17) is 4.74 Å². The number of carbonyl (C=O) groups excluding carboxylic acids is 4. The molecule has 0 bridgehead atoms. The summed E-state index contributed by atoms with van der Waals surface area (Å²) in [6.07, 6.45) is 2.67. The Bertz CT molecular complexity index is 775. The zero-order chi connectivity index (χ0) is 23.4. The lowest BCUT2D eigenvalue weighted by Gasteiger charge is -2.27. The van der Waals surface area contributed by atoms with Crippen LogP contribution in [0.25, 0.3) is 0 Å². The third kappa shape index (κ3) is 8.72. The fourth-order valence-corrected chi connectivity index (χ4v) is 3.14. The van der Waals surface area contributed by atoms with Gasteiger partial charge in [-0.2, -0.15) is 4.99 Å². The van der Waals surface area contributed by atoms with E-state index in [0.717, 1.165) is 5.56 Å². The van der Waals surface area contributed by atoms with Gasteiger partial charge in [-0.05, 0) is 23.8 Å². The SMILES string of the molecule is CC[C@H](C)[C@H](NC(=O)[C@H](Cc1ccccc1)N=C=O)C(=O)N[C@@H](CC(C)C)C(=O)OC. The van der Waals surface area contributed by atoms with Crippen molar-refractivity contribution in [3.05, 3.63) is 35.9 Å². The number of isocyanates is 1. The maximum absolute atomic E-state index is 13.0. The average molecular weight is 432 g/mol. The molecule has 4 atom stereocenters. The van der Waals surface area contributed by atoms with E-state index in [1.54, 1.807) is 0 Å². The minimum Gasteiger partial charge on any atom is -0.467 e. The maximum Gasteiger partial charge on any atom is 0.328 e. The molecule has 1 aromatic carbocycles. The zero-order valence-corrected chi connectivity index (χ0v) is 18.9. The quantitative estimate of drug-likeness (QED) is 0.299. The van der Waals surface area contributed by atoms with Gasteiger partial charge in [0.2, 0.25) is 17.9 Å². The summed E-state index contributed by atoms with van der Waals surface area (Å²) in [5.41, 5.74) is 0.828. The summed E-state index contributed by atoms with van der Waals surface area (Å²) in [6.45, 7) is 7.59. The summed E-state index contributed by atoms with van der Waals surface area (Å²) in [6, 6.07) is 6.44. The molecule has 0 saturated heterocycles. The molecule has 0 aliphatic carbocycles. The van der Waals surface area contributed by atoms with Crippen molar-refractivity contribution in [2.45, 2.75) is 65.1 Å². The van der Waals surface area contributed by atoms with Crippen molar-refractivity contribution in [1.29, 1.82) is 0 Å². The first-order chi connectivity index (χ1) is 14.7. The monoisotopic (exact) mass is 431 g/mol. The van der Waals surface area contributed by atoms with Crippen LogP contribution in [0.1, 0.15) is 46.1 Å². The Morgan fingerprint density at radius 1 is 1.06 bits per heavy atom. The zero-order valence-electron chi connectivity index (χ0n) is 18.9. The third-order valence-electron chi connectivity index (χ3n) is 5.09. The van der Waals surface area contributed by atoms with Gasteiger partial charge in [0.25, 0.3) is 0 Å². The molecule has 31 heavy (non-hydrogen) atoms. The Morgan fingerprint density at radius 3 is 2.23 bits per heavy atom. The number of aliphatic imine (C=N–C) groups is 1. The number of benzene rings is 1. The number of amides is 2. The number of hydrogen-bond donors (Lipinski definition) is 2. The van der Waals surface area contributed by atoms with E-state index in [1.165, 1.54) is 13.2 Å². The Balaban J connectivity index is 3.00. The minimum absolute atomic E-state index is 0.151. The van der Waals surface area contributed by atoms with Crippen molar-refractivity contribution in [3.63, 3.8) is 0 Å². The minimum atomic E-state index is -1.01. The standard InChI is InChI=1S/C23H33N3O5/c1-6-16(4)20(22(29)25-19(12-15(2)3)23(30)31-5)26-21(28)18(24-14-27)13-17-10-8-7-9-11-17/h7-11,15-16,18-20H,6,12-13H2,1-5H3,(H,25,29)(H,26,28)/t16-,18-,19-,20-/m0/s1. The fraction of sp³-hybridized carbons (Fsp3) is 0.565. The van der Waals surface area contributed by atoms with Gasteiger partial charge in [-0.25, -0.2) is 9.59 Å². The van der Waals surface area contributed by atoms with Crippen LogP contribution in [0.3, 0.4) is 0 Å². The van der Waals surface area contributed by atoms with E-state index in [2.05, 4.69) is 15.6 Å². The van der Waals surface area contributed by atoms with E-state index in [9.17, 15) is 19.2 Å². The molecule has 8 heteroatoms. The van der Waals surface area contributed by atoms with Gasteiger partial charge >= 0.3 is 5.97 Å². The van der Waals surface area contributed by atoms with Gasteiger partial charge in [0.15, 0.2) is 0 Å². The van der Waals surface area contributed by atoms with Gasteiger partial charge in [-0.3, -0.25) is 9.59 Å². The van der Waals surface area contributed by atoms with Crippen molar-refractivity contribution < 1.29 is 23.9 Å². The van der Waals surface area contributed by atoms with E-state index >= 15 is 0 Å². The second kappa shape index (κ2) is 13.3. The van der Waals surface area contributed by atoms with Crippen LogP contribution in [0.2, 0.25) is 0 Å². The van der Waals surface area contributed by atoms with Crippen LogP contribution in [0.4, 0.5) is 0 Å². The summed E-state index contributed by atoms with van der Waals surface area (Å²) >= 11 is 0. The van der Waals surface area contributed by atoms with Crippen molar-refractivity contribution >= 4 is 23.9 Å². The molecule has 0 aliphatic heterocycles. The molecule has 2 N–H and O–H groups in total. The average Bonchev–Trinajstić information content (AvgIpc) is 2.75. The van der Waals surface area contributed by atoms with Crippen molar-refractivity contribution in [2.75, 3.05) is 7.11 Å². The lowest BCUT2D eigenvalue weighted by atomic mass is 9.96. The molecule has 0 fully saturated rings. The molecule has 0 spiro atoms. The first-order valence-corrected chi connectivity index (χ1v) is 10.5. The van der Waals surface area contributed by atoms with Crippen LogP contribution in [0.15, 0.2) is 35.3 Å². The summed E-state index contributed by atoms with van der Waals surface area (Å²) in [5, 5.41) is 5.42. The van der Waals surface area contributed by atoms with E-state index < -0.39 is 35.9 Å². The second-order valence-corrected chi connectivity index (χ2v) is 8.01. The molecule has 1 aromatic rings. The number of carbonyl (C=O) groups is 3. The molecule has 0 saturated carbocycles. The Labute approximate surface area is 183 Å². The van der Waals surface area contributed by atoms with E-state index in [0.29, 0.717) is 12.8 Å². The number of methoxy groups -OCH3 is 1. The van der Waals surface area contributed by atoms with E-state index in [-0.39, 0.29) is 18.3 Å². The molecule has 1 rings (SSSR count). The normalized spacial score (nSPS) is 14.5. The lowest BCUT2D eigenvalue weighted by molar-refractivity contribution is -0.146. The first kappa shape index (κ1) is 26.0. The van der Waals surface area contributed by atoms with Crippen LogP contribution in [-0.4, -0.2) is 49.1 Å². The summed E-state index contributed by atoms with van der Waals surface area (Å²) in [7, 11) is 1.27. The van der Waals surface area contributed by atoms with Crippen LogP contribution in [-0.2, 0) is 30.3 Å². The number of hydrogen-bond acceptors (Lipinski definition) is 6. The number of esters is 1. The molecule has 8 nitrogen and oxygen atoms in total. The van der Waals surface area contributed by atoms with Crippen LogP contribution < -0.4 is 10.6 Å².